The fourth-order valence-electron chi connectivity index (χ4n) is 3.42. The molecule has 4 rings (SSSR count). The Morgan fingerprint density at radius 1 is 1.21 bits per heavy atom. The number of rotatable bonds is 7. The van der Waals surface area contributed by atoms with Crippen molar-refractivity contribution in [3.8, 4) is 5.75 Å². The molecule has 6 nitrogen and oxygen atoms in total. The third-order valence-corrected chi connectivity index (χ3v) is 5.22. The monoisotopic (exact) mass is 399 g/mol. The number of anilines is 2. The molecular formula is C22H26FN3O3. The SMILES string of the molecule is COc1ccc(CNc2ccc(N3CCOCC3)c(C(=O)NC3CC3)c2)cc1F. The number of ether oxygens (including phenoxy) is 2. The van der Waals surface area contributed by atoms with Crippen molar-refractivity contribution in [1.29, 1.82) is 0 Å². The van der Waals surface area contributed by atoms with Crippen LogP contribution in [0.1, 0.15) is 28.8 Å². The van der Waals surface area contributed by atoms with Gasteiger partial charge in [0.15, 0.2) is 11.6 Å². The van der Waals surface area contributed by atoms with E-state index in [2.05, 4.69) is 15.5 Å². The lowest BCUT2D eigenvalue weighted by atomic mass is 10.1. The molecule has 2 aromatic rings. The van der Waals surface area contributed by atoms with Gasteiger partial charge >= 0.3 is 0 Å². The van der Waals surface area contributed by atoms with Gasteiger partial charge in [0.05, 0.1) is 25.9 Å². The molecule has 1 aliphatic heterocycles. The van der Waals surface area contributed by atoms with Gasteiger partial charge in [-0.25, -0.2) is 4.39 Å². The summed E-state index contributed by atoms with van der Waals surface area (Å²) in [5.74, 6) is -0.213. The lowest BCUT2D eigenvalue weighted by molar-refractivity contribution is 0.0949. The number of carbonyl (C=O) groups excluding carboxylic acids is 1. The second kappa shape index (κ2) is 8.69. The molecule has 1 aliphatic carbocycles. The van der Waals surface area contributed by atoms with Crippen LogP contribution in [0.2, 0.25) is 0 Å². The third kappa shape index (κ3) is 4.79. The van der Waals surface area contributed by atoms with Crippen molar-refractivity contribution in [1.82, 2.24) is 5.32 Å². The van der Waals surface area contributed by atoms with E-state index in [4.69, 9.17) is 9.47 Å². The largest absolute Gasteiger partial charge is 0.494 e. The quantitative estimate of drug-likeness (QED) is 0.749. The molecular weight excluding hydrogens is 373 g/mol. The number of carbonyl (C=O) groups is 1. The number of halogens is 1. The van der Waals surface area contributed by atoms with E-state index in [0.717, 1.165) is 42.9 Å². The molecule has 0 bridgehead atoms. The molecule has 2 aliphatic rings. The Bertz CT molecular complexity index is 880. The number of hydrogen-bond donors (Lipinski definition) is 2. The zero-order valence-corrected chi connectivity index (χ0v) is 16.5. The van der Waals surface area contributed by atoms with Crippen LogP contribution < -0.4 is 20.3 Å². The van der Waals surface area contributed by atoms with Crippen LogP contribution in [-0.4, -0.2) is 45.4 Å². The van der Waals surface area contributed by atoms with Gasteiger partial charge in [-0.05, 0) is 48.7 Å². The number of hydrogen-bond acceptors (Lipinski definition) is 5. The first-order valence-electron chi connectivity index (χ1n) is 9.98. The van der Waals surface area contributed by atoms with E-state index in [1.165, 1.54) is 13.2 Å². The molecule has 1 saturated carbocycles. The lowest BCUT2D eigenvalue weighted by Crippen LogP contribution is -2.38. The molecule has 7 heteroatoms. The van der Waals surface area contributed by atoms with Gasteiger partial charge in [-0.1, -0.05) is 6.07 Å². The molecule has 2 aromatic carbocycles. The summed E-state index contributed by atoms with van der Waals surface area (Å²) in [4.78, 5) is 15.0. The van der Waals surface area contributed by atoms with Gasteiger partial charge in [0.2, 0.25) is 0 Å². The van der Waals surface area contributed by atoms with E-state index < -0.39 is 0 Å². The summed E-state index contributed by atoms with van der Waals surface area (Å²) in [5.41, 5.74) is 3.20. The fraction of sp³-hybridized carbons (Fsp3) is 0.409. The number of benzene rings is 2. The Kier molecular flexibility index (Phi) is 5.85. The Labute approximate surface area is 170 Å². The van der Waals surface area contributed by atoms with Crippen LogP contribution in [0.5, 0.6) is 5.75 Å². The van der Waals surface area contributed by atoms with Crippen LogP contribution >= 0.6 is 0 Å². The first-order chi connectivity index (χ1) is 14.1. The third-order valence-electron chi connectivity index (χ3n) is 5.22. The predicted molar refractivity (Wildman–Crippen MR) is 110 cm³/mol. The molecule has 154 valence electrons. The molecule has 1 saturated heterocycles. The van der Waals surface area contributed by atoms with Crippen molar-refractivity contribution in [2.75, 3.05) is 43.6 Å². The Hall–Kier alpha value is -2.80. The number of morpholine rings is 1. The van der Waals surface area contributed by atoms with Crippen LogP contribution in [0.4, 0.5) is 15.8 Å². The van der Waals surface area contributed by atoms with E-state index in [-0.39, 0.29) is 17.5 Å². The van der Waals surface area contributed by atoms with Gasteiger partial charge in [-0.3, -0.25) is 4.79 Å². The van der Waals surface area contributed by atoms with E-state index >= 15 is 0 Å². The van der Waals surface area contributed by atoms with Gasteiger partial charge in [0.25, 0.3) is 5.91 Å². The summed E-state index contributed by atoms with van der Waals surface area (Å²) in [5, 5.41) is 6.37. The Morgan fingerprint density at radius 2 is 2.00 bits per heavy atom. The minimum atomic E-state index is -0.390. The molecule has 0 radical (unpaired) electrons. The zero-order chi connectivity index (χ0) is 20.2. The highest BCUT2D eigenvalue weighted by Crippen LogP contribution is 2.28. The van der Waals surface area contributed by atoms with Crippen LogP contribution in [0.3, 0.4) is 0 Å². The predicted octanol–water partition coefficient (Wildman–Crippen LogP) is 3.18. The van der Waals surface area contributed by atoms with Gasteiger partial charge in [0.1, 0.15) is 0 Å². The minimum absolute atomic E-state index is 0.0480. The number of amides is 1. The van der Waals surface area contributed by atoms with Crippen molar-refractivity contribution in [3.63, 3.8) is 0 Å². The summed E-state index contributed by atoms with van der Waals surface area (Å²) < 4.78 is 24.3. The standard InChI is InChI=1S/C22H26FN3O3/c1-28-21-7-2-15(12-19(21)23)14-24-17-5-6-20(26-8-10-29-11-9-26)18(13-17)22(27)25-16-3-4-16/h2,5-7,12-13,16,24H,3-4,8-11,14H2,1H3,(H,25,27). The van der Waals surface area contributed by atoms with Gasteiger partial charge in [-0.15, -0.1) is 0 Å². The molecule has 0 atom stereocenters. The van der Waals surface area contributed by atoms with Crippen LogP contribution in [0.15, 0.2) is 36.4 Å². The van der Waals surface area contributed by atoms with Gasteiger partial charge in [0, 0.05) is 37.1 Å². The molecule has 2 fully saturated rings. The zero-order valence-electron chi connectivity index (χ0n) is 16.5. The van der Waals surface area contributed by atoms with Crippen molar-refractivity contribution < 1.29 is 18.7 Å². The molecule has 29 heavy (non-hydrogen) atoms. The van der Waals surface area contributed by atoms with E-state index in [9.17, 15) is 9.18 Å². The van der Waals surface area contributed by atoms with Crippen molar-refractivity contribution in [3.05, 3.63) is 53.3 Å². The average molecular weight is 399 g/mol. The van der Waals surface area contributed by atoms with Crippen molar-refractivity contribution >= 4 is 17.3 Å². The second-order valence-corrected chi connectivity index (χ2v) is 7.40. The highest BCUT2D eigenvalue weighted by molar-refractivity contribution is 6.01. The second-order valence-electron chi connectivity index (χ2n) is 7.40. The van der Waals surface area contributed by atoms with Crippen LogP contribution in [0, 0.1) is 5.82 Å². The normalized spacial score (nSPS) is 16.4. The maximum absolute atomic E-state index is 13.9. The van der Waals surface area contributed by atoms with Crippen LogP contribution in [-0.2, 0) is 11.3 Å². The van der Waals surface area contributed by atoms with Gasteiger partial charge in [-0.2, -0.15) is 0 Å². The highest BCUT2D eigenvalue weighted by atomic mass is 19.1. The van der Waals surface area contributed by atoms with E-state index in [1.807, 2.05) is 24.3 Å². The minimum Gasteiger partial charge on any atom is -0.494 e. The lowest BCUT2D eigenvalue weighted by Gasteiger charge is -2.30. The summed E-state index contributed by atoms with van der Waals surface area (Å²) in [7, 11) is 1.45. The Balaban J connectivity index is 1.52. The first-order valence-corrected chi connectivity index (χ1v) is 9.98. The first kappa shape index (κ1) is 19.5. The van der Waals surface area contributed by atoms with Crippen molar-refractivity contribution in [2.45, 2.75) is 25.4 Å². The smallest absolute Gasteiger partial charge is 0.253 e. The summed E-state index contributed by atoms with van der Waals surface area (Å²) in [6, 6.07) is 11.0. The summed E-state index contributed by atoms with van der Waals surface area (Å²) in [6.07, 6.45) is 2.08. The molecule has 1 heterocycles. The van der Waals surface area contributed by atoms with E-state index in [1.54, 1.807) is 6.07 Å². The maximum atomic E-state index is 13.9. The number of methoxy groups -OCH3 is 1. The topological polar surface area (TPSA) is 62.8 Å². The van der Waals surface area contributed by atoms with Crippen LogP contribution in [0.25, 0.3) is 0 Å². The Morgan fingerprint density at radius 3 is 2.69 bits per heavy atom. The summed E-state index contributed by atoms with van der Waals surface area (Å²) >= 11 is 0. The highest BCUT2D eigenvalue weighted by Gasteiger charge is 2.26. The average Bonchev–Trinajstić information content (AvgIpc) is 3.57. The summed E-state index contributed by atoms with van der Waals surface area (Å²) in [6.45, 7) is 3.30. The molecule has 2 N–H and O–H groups in total. The molecule has 0 spiro atoms. The maximum Gasteiger partial charge on any atom is 0.253 e. The van der Waals surface area contributed by atoms with E-state index in [0.29, 0.717) is 31.4 Å². The van der Waals surface area contributed by atoms with Crippen molar-refractivity contribution in [2.24, 2.45) is 0 Å². The van der Waals surface area contributed by atoms with Gasteiger partial charge < -0.3 is 25.0 Å². The number of nitrogens with one attached hydrogen (secondary N) is 2. The number of nitrogens with zero attached hydrogens (tertiary/aromatic N) is 1. The molecule has 1 amide bonds. The molecule has 0 aromatic heterocycles. The molecule has 0 unspecified atom stereocenters. The fourth-order valence-corrected chi connectivity index (χ4v) is 3.42.